The molecule has 152 valence electrons. The van der Waals surface area contributed by atoms with Crippen molar-refractivity contribution in [3.05, 3.63) is 51.2 Å². The van der Waals surface area contributed by atoms with Gasteiger partial charge in [-0.15, -0.1) is 5.10 Å². The molecule has 0 bridgehead atoms. The number of aromatic nitrogens is 3. The molecule has 10 heteroatoms. The predicted molar refractivity (Wildman–Crippen MR) is 97.1 cm³/mol. The van der Waals surface area contributed by atoms with Crippen LogP contribution in [0.3, 0.4) is 0 Å². The van der Waals surface area contributed by atoms with Crippen LogP contribution < -0.4 is 11.0 Å². The summed E-state index contributed by atoms with van der Waals surface area (Å²) in [5.74, 6) is -1.47. The van der Waals surface area contributed by atoms with Gasteiger partial charge in [-0.25, -0.2) is 9.48 Å². The van der Waals surface area contributed by atoms with Crippen molar-refractivity contribution in [1.29, 1.82) is 0 Å². The summed E-state index contributed by atoms with van der Waals surface area (Å²) < 4.78 is 39.7. The molecule has 0 saturated heterocycles. The van der Waals surface area contributed by atoms with E-state index in [0.717, 1.165) is 25.5 Å². The highest BCUT2D eigenvalue weighted by molar-refractivity contribution is 6.30. The van der Waals surface area contributed by atoms with E-state index < -0.39 is 23.1 Å². The Morgan fingerprint density at radius 2 is 1.86 bits per heavy atom. The van der Waals surface area contributed by atoms with E-state index in [2.05, 4.69) is 10.4 Å². The van der Waals surface area contributed by atoms with Crippen LogP contribution in [0.1, 0.15) is 37.1 Å². The van der Waals surface area contributed by atoms with Crippen LogP contribution in [-0.4, -0.2) is 26.8 Å². The molecular formula is C18H20ClF3N4O2. The van der Waals surface area contributed by atoms with Crippen molar-refractivity contribution in [2.24, 2.45) is 7.05 Å². The highest BCUT2D eigenvalue weighted by atomic mass is 35.5. The van der Waals surface area contributed by atoms with Gasteiger partial charge in [0.2, 0.25) is 11.7 Å². The SMILES string of the molecule is Cn1c(C(F)(F)F)nn(CCNC(=O)C2(c3ccc(Cl)cc3)CCCC2)c1=O. The fraction of sp³-hybridized carbons (Fsp3) is 0.500. The molecule has 1 fully saturated rings. The number of benzene rings is 1. The first-order chi connectivity index (χ1) is 13.1. The highest BCUT2D eigenvalue weighted by Crippen LogP contribution is 2.41. The molecule has 1 aliphatic carbocycles. The molecule has 1 heterocycles. The maximum absolute atomic E-state index is 12.9. The molecular weight excluding hydrogens is 397 g/mol. The van der Waals surface area contributed by atoms with Gasteiger partial charge in [-0.3, -0.25) is 9.36 Å². The second-order valence-corrected chi connectivity index (χ2v) is 7.37. The molecule has 3 rings (SSSR count). The third-order valence-electron chi connectivity index (χ3n) is 5.19. The average Bonchev–Trinajstić information content (AvgIpc) is 3.23. The Hall–Kier alpha value is -2.29. The highest BCUT2D eigenvalue weighted by Gasteiger charge is 2.42. The number of hydrogen-bond acceptors (Lipinski definition) is 3. The zero-order valence-corrected chi connectivity index (χ0v) is 16.0. The monoisotopic (exact) mass is 416 g/mol. The zero-order chi connectivity index (χ0) is 20.5. The van der Waals surface area contributed by atoms with Crippen molar-refractivity contribution in [3.63, 3.8) is 0 Å². The summed E-state index contributed by atoms with van der Waals surface area (Å²) in [5.41, 5.74) is -0.701. The summed E-state index contributed by atoms with van der Waals surface area (Å²) in [6.45, 7) is -0.145. The zero-order valence-electron chi connectivity index (χ0n) is 15.2. The summed E-state index contributed by atoms with van der Waals surface area (Å²) in [7, 11) is 1.02. The van der Waals surface area contributed by atoms with Gasteiger partial charge in [-0.2, -0.15) is 13.2 Å². The van der Waals surface area contributed by atoms with Gasteiger partial charge < -0.3 is 5.32 Å². The average molecular weight is 417 g/mol. The van der Waals surface area contributed by atoms with E-state index in [1.807, 2.05) is 12.1 Å². The minimum Gasteiger partial charge on any atom is -0.353 e. The molecule has 0 atom stereocenters. The van der Waals surface area contributed by atoms with E-state index >= 15 is 0 Å². The smallest absolute Gasteiger partial charge is 0.353 e. The minimum absolute atomic E-state index is 0.00237. The van der Waals surface area contributed by atoms with Gasteiger partial charge in [-0.05, 0) is 30.5 Å². The number of nitrogens with zero attached hydrogens (tertiary/aromatic N) is 3. The number of halogens is 4. The summed E-state index contributed by atoms with van der Waals surface area (Å²) >= 11 is 5.93. The van der Waals surface area contributed by atoms with Crippen LogP contribution in [-0.2, 0) is 30.0 Å². The number of alkyl halides is 3. The molecule has 0 spiro atoms. The van der Waals surface area contributed by atoms with Gasteiger partial charge in [0.1, 0.15) is 0 Å². The summed E-state index contributed by atoms with van der Waals surface area (Å²) in [6.07, 6.45) is -1.54. The lowest BCUT2D eigenvalue weighted by atomic mass is 9.78. The maximum Gasteiger partial charge on any atom is 0.451 e. The number of carbonyl (C=O) groups excluding carboxylic acids is 1. The van der Waals surface area contributed by atoms with Crippen molar-refractivity contribution < 1.29 is 18.0 Å². The molecule has 1 aromatic carbocycles. The molecule has 2 aromatic rings. The Balaban J connectivity index is 1.71. The van der Waals surface area contributed by atoms with E-state index in [1.54, 1.807) is 12.1 Å². The quantitative estimate of drug-likeness (QED) is 0.814. The third kappa shape index (κ3) is 3.80. The van der Waals surface area contributed by atoms with Gasteiger partial charge in [0.25, 0.3) is 0 Å². The number of hydrogen-bond donors (Lipinski definition) is 1. The first-order valence-electron chi connectivity index (χ1n) is 8.90. The van der Waals surface area contributed by atoms with Gasteiger partial charge in [0, 0.05) is 18.6 Å². The number of carbonyl (C=O) groups is 1. The van der Waals surface area contributed by atoms with Crippen molar-refractivity contribution in [1.82, 2.24) is 19.7 Å². The Kier molecular flexibility index (Phi) is 5.56. The Labute approximate surface area is 164 Å². The van der Waals surface area contributed by atoms with Crippen LogP contribution >= 0.6 is 11.6 Å². The summed E-state index contributed by atoms with van der Waals surface area (Å²) in [5, 5.41) is 6.67. The fourth-order valence-corrected chi connectivity index (χ4v) is 3.85. The standard InChI is InChI=1S/C18H20ClF3N4O2/c1-25-14(18(20,21)22)24-26(16(25)28)11-10-23-15(27)17(8-2-3-9-17)12-4-6-13(19)7-5-12/h4-7H,2-3,8-11H2,1H3,(H,23,27). The number of amides is 1. The van der Waals surface area contributed by atoms with E-state index in [-0.39, 0.29) is 19.0 Å². The maximum atomic E-state index is 12.9. The minimum atomic E-state index is -4.72. The molecule has 1 aromatic heterocycles. The lowest BCUT2D eigenvalue weighted by Crippen LogP contribution is -2.44. The lowest BCUT2D eigenvalue weighted by Gasteiger charge is -2.28. The van der Waals surface area contributed by atoms with E-state index in [9.17, 15) is 22.8 Å². The lowest BCUT2D eigenvalue weighted by molar-refractivity contribution is -0.147. The molecule has 1 N–H and O–H groups in total. The molecule has 1 aliphatic rings. The van der Waals surface area contributed by atoms with Gasteiger partial charge in [0.05, 0.1) is 12.0 Å². The fourth-order valence-electron chi connectivity index (χ4n) is 3.72. The van der Waals surface area contributed by atoms with Crippen LogP contribution in [0.5, 0.6) is 0 Å². The first kappa shape index (κ1) is 20.4. The molecule has 6 nitrogen and oxygen atoms in total. The second kappa shape index (κ2) is 7.62. The summed E-state index contributed by atoms with van der Waals surface area (Å²) in [4.78, 5) is 24.8. The molecule has 28 heavy (non-hydrogen) atoms. The van der Waals surface area contributed by atoms with E-state index in [1.165, 1.54) is 0 Å². The van der Waals surface area contributed by atoms with Crippen LogP contribution in [0.15, 0.2) is 29.1 Å². The molecule has 0 aliphatic heterocycles. The number of rotatable bonds is 5. The van der Waals surface area contributed by atoms with Crippen molar-refractivity contribution >= 4 is 17.5 Å². The van der Waals surface area contributed by atoms with Gasteiger partial charge in [-0.1, -0.05) is 36.6 Å². The predicted octanol–water partition coefficient (Wildman–Crippen LogP) is 2.88. The molecule has 1 saturated carbocycles. The Morgan fingerprint density at radius 1 is 1.25 bits per heavy atom. The molecule has 0 radical (unpaired) electrons. The molecule has 0 unspecified atom stereocenters. The normalized spacial score (nSPS) is 16.3. The summed E-state index contributed by atoms with van der Waals surface area (Å²) in [6, 6.07) is 7.12. The van der Waals surface area contributed by atoms with Crippen molar-refractivity contribution in [2.45, 2.75) is 43.8 Å². The first-order valence-corrected chi connectivity index (χ1v) is 9.28. The van der Waals surface area contributed by atoms with E-state index in [4.69, 9.17) is 11.6 Å². The largest absolute Gasteiger partial charge is 0.451 e. The van der Waals surface area contributed by atoms with Crippen LogP contribution in [0, 0.1) is 0 Å². The van der Waals surface area contributed by atoms with Crippen molar-refractivity contribution in [3.8, 4) is 0 Å². The van der Waals surface area contributed by atoms with Crippen molar-refractivity contribution in [2.75, 3.05) is 6.54 Å². The number of nitrogens with one attached hydrogen (secondary N) is 1. The van der Waals surface area contributed by atoms with Gasteiger partial charge in [0.15, 0.2) is 0 Å². The van der Waals surface area contributed by atoms with Crippen LogP contribution in [0.2, 0.25) is 5.02 Å². The van der Waals surface area contributed by atoms with Crippen LogP contribution in [0.25, 0.3) is 0 Å². The van der Waals surface area contributed by atoms with E-state index in [0.29, 0.717) is 27.1 Å². The Bertz CT molecular complexity index is 912. The van der Waals surface area contributed by atoms with Gasteiger partial charge >= 0.3 is 11.9 Å². The van der Waals surface area contributed by atoms with Crippen LogP contribution in [0.4, 0.5) is 13.2 Å². The second-order valence-electron chi connectivity index (χ2n) is 6.94. The Morgan fingerprint density at radius 3 is 2.39 bits per heavy atom. The third-order valence-corrected chi connectivity index (χ3v) is 5.44. The topological polar surface area (TPSA) is 68.9 Å². The molecule has 1 amide bonds.